The van der Waals surface area contributed by atoms with Crippen molar-refractivity contribution in [2.45, 2.75) is 13.0 Å². The summed E-state index contributed by atoms with van der Waals surface area (Å²) in [6, 6.07) is 12.9. The van der Waals surface area contributed by atoms with Gasteiger partial charge < -0.3 is 14.8 Å². The van der Waals surface area contributed by atoms with Gasteiger partial charge in [0.05, 0.1) is 7.11 Å². The number of amides is 1. The van der Waals surface area contributed by atoms with E-state index < -0.39 is 11.9 Å². The van der Waals surface area contributed by atoms with E-state index in [2.05, 4.69) is 5.32 Å². The van der Waals surface area contributed by atoms with Gasteiger partial charge >= 0.3 is 0 Å². The summed E-state index contributed by atoms with van der Waals surface area (Å²) in [6.45, 7) is 1.56. The molecule has 2 aromatic carbocycles. The van der Waals surface area contributed by atoms with Crippen LogP contribution in [0, 0.1) is 5.82 Å². The zero-order chi connectivity index (χ0) is 15.2. The summed E-state index contributed by atoms with van der Waals surface area (Å²) in [6.07, 6.45) is -0.816. The highest BCUT2D eigenvalue weighted by Gasteiger charge is 2.16. The Morgan fingerprint density at radius 2 is 1.81 bits per heavy atom. The zero-order valence-electron chi connectivity index (χ0n) is 11.8. The Hall–Kier alpha value is -2.56. The number of para-hydroxylation sites is 1. The maximum Gasteiger partial charge on any atom is 0.265 e. The van der Waals surface area contributed by atoms with E-state index >= 15 is 0 Å². The molecule has 0 bridgehead atoms. The fourth-order valence-corrected chi connectivity index (χ4v) is 1.70. The highest BCUT2D eigenvalue weighted by Crippen LogP contribution is 2.18. The van der Waals surface area contributed by atoms with Crippen LogP contribution in [0.4, 0.5) is 10.1 Å². The standard InChI is InChI=1S/C16H16FNO3/c1-11(21-15-6-4-3-5-14(15)17)16(19)18-12-7-9-13(20-2)10-8-12/h3-11H,1-2H3,(H,18,19)/t11-/m0/s1. The number of rotatable bonds is 5. The number of carbonyl (C=O) groups is 1. The first kappa shape index (κ1) is 14.8. The van der Waals surface area contributed by atoms with Gasteiger partial charge in [0, 0.05) is 5.69 Å². The third kappa shape index (κ3) is 3.95. The number of benzene rings is 2. The molecule has 0 saturated heterocycles. The second kappa shape index (κ2) is 6.74. The minimum atomic E-state index is -0.816. The molecule has 0 unspecified atom stereocenters. The van der Waals surface area contributed by atoms with Gasteiger partial charge in [-0.3, -0.25) is 4.79 Å². The minimum Gasteiger partial charge on any atom is -0.497 e. The minimum absolute atomic E-state index is 0.0508. The summed E-state index contributed by atoms with van der Waals surface area (Å²) >= 11 is 0. The Labute approximate surface area is 122 Å². The summed E-state index contributed by atoms with van der Waals surface area (Å²) in [7, 11) is 1.57. The molecule has 0 fully saturated rings. The molecule has 0 radical (unpaired) electrons. The van der Waals surface area contributed by atoms with Crippen LogP contribution in [0.3, 0.4) is 0 Å². The predicted octanol–water partition coefficient (Wildman–Crippen LogP) is 3.24. The molecule has 0 spiro atoms. The highest BCUT2D eigenvalue weighted by atomic mass is 19.1. The van der Waals surface area contributed by atoms with Crippen molar-refractivity contribution in [1.29, 1.82) is 0 Å². The number of carbonyl (C=O) groups excluding carboxylic acids is 1. The predicted molar refractivity (Wildman–Crippen MR) is 78.1 cm³/mol. The molecule has 0 aliphatic rings. The SMILES string of the molecule is COc1ccc(NC(=O)[C@H](C)Oc2ccccc2F)cc1. The Kier molecular flexibility index (Phi) is 4.77. The second-order valence-electron chi connectivity index (χ2n) is 4.41. The molecule has 21 heavy (non-hydrogen) atoms. The van der Waals surface area contributed by atoms with E-state index in [4.69, 9.17) is 9.47 Å². The maximum atomic E-state index is 13.5. The molecule has 1 amide bonds. The van der Waals surface area contributed by atoms with Gasteiger partial charge in [-0.2, -0.15) is 0 Å². The summed E-state index contributed by atoms with van der Waals surface area (Å²) in [5.41, 5.74) is 0.616. The van der Waals surface area contributed by atoms with Crippen molar-refractivity contribution in [2.75, 3.05) is 12.4 Å². The number of hydrogen-bond donors (Lipinski definition) is 1. The van der Waals surface area contributed by atoms with E-state index in [9.17, 15) is 9.18 Å². The largest absolute Gasteiger partial charge is 0.497 e. The number of hydrogen-bond acceptors (Lipinski definition) is 3. The van der Waals surface area contributed by atoms with Gasteiger partial charge in [0.1, 0.15) is 5.75 Å². The van der Waals surface area contributed by atoms with Crippen LogP contribution in [0.5, 0.6) is 11.5 Å². The first-order valence-corrected chi connectivity index (χ1v) is 6.46. The van der Waals surface area contributed by atoms with Crippen LogP contribution in [0.25, 0.3) is 0 Å². The van der Waals surface area contributed by atoms with Gasteiger partial charge in [0.25, 0.3) is 5.91 Å². The van der Waals surface area contributed by atoms with E-state index in [0.717, 1.165) is 0 Å². The van der Waals surface area contributed by atoms with Gasteiger partial charge in [-0.25, -0.2) is 4.39 Å². The number of anilines is 1. The van der Waals surface area contributed by atoms with E-state index in [1.165, 1.54) is 12.1 Å². The van der Waals surface area contributed by atoms with Crippen LogP contribution >= 0.6 is 0 Å². The van der Waals surface area contributed by atoms with Crippen LogP contribution in [0.2, 0.25) is 0 Å². The zero-order valence-corrected chi connectivity index (χ0v) is 11.8. The lowest BCUT2D eigenvalue weighted by atomic mass is 10.2. The third-order valence-electron chi connectivity index (χ3n) is 2.87. The van der Waals surface area contributed by atoms with Gasteiger partial charge in [-0.1, -0.05) is 12.1 Å². The highest BCUT2D eigenvalue weighted by molar-refractivity contribution is 5.94. The second-order valence-corrected chi connectivity index (χ2v) is 4.41. The summed E-state index contributed by atoms with van der Waals surface area (Å²) in [5.74, 6) is -0.108. The Morgan fingerprint density at radius 3 is 2.43 bits per heavy atom. The smallest absolute Gasteiger partial charge is 0.265 e. The molecule has 1 atom stereocenters. The molecule has 0 heterocycles. The number of nitrogens with one attached hydrogen (secondary N) is 1. The van der Waals surface area contributed by atoms with E-state index in [1.54, 1.807) is 50.4 Å². The van der Waals surface area contributed by atoms with Crippen molar-refractivity contribution in [1.82, 2.24) is 0 Å². The van der Waals surface area contributed by atoms with Gasteiger partial charge in [-0.05, 0) is 43.3 Å². The molecule has 5 heteroatoms. The van der Waals surface area contributed by atoms with Crippen LogP contribution in [0.15, 0.2) is 48.5 Å². The molecule has 4 nitrogen and oxygen atoms in total. The van der Waals surface area contributed by atoms with Crippen molar-refractivity contribution in [3.8, 4) is 11.5 Å². The van der Waals surface area contributed by atoms with Gasteiger partial charge in [0.2, 0.25) is 0 Å². The number of ether oxygens (including phenoxy) is 2. The third-order valence-corrected chi connectivity index (χ3v) is 2.87. The molecule has 0 aromatic heterocycles. The first-order chi connectivity index (χ1) is 10.1. The van der Waals surface area contributed by atoms with Crippen LogP contribution in [-0.2, 0) is 4.79 Å². The molecule has 110 valence electrons. The number of methoxy groups -OCH3 is 1. The monoisotopic (exact) mass is 289 g/mol. The Morgan fingerprint density at radius 1 is 1.14 bits per heavy atom. The fraction of sp³-hybridized carbons (Fsp3) is 0.188. The van der Waals surface area contributed by atoms with Crippen molar-refractivity contribution < 1.29 is 18.7 Å². The number of halogens is 1. The molecule has 2 rings (SSSR count). The summed E-state index contributed by atoms with van der Waals surface area (Å²) in [5, 5.41) is 2.69. The van der Waals surface area contributed by atoms with Crippen molar-refractivity contribution in [2.24, 2.45) is 0 Å². The van der Waals surface area contributed by atoms with Gasteiger partial charge in [0.15, 0.2) is 17.7 Å². The molecule has 0 aliphatic carbocycles. The molecule has 0 aliphatic heterocycles. The molecule has 0 saturated carbocycles. The van der Waals surface area contributed by atoms with Crippen molar-refractivity contribution in [3.05, 3.63) is 54.3 Å². The average Bonchev–Trinajstić information content (AvgIpc) is 2.50. The molecule has 1 N–H and O–H groups in total. The van der Waals surface area contributed by atoms with Gasteiger partial charge in [-0.15, -0.1) is 0 Å². The first-order valence-electron chi connectivity index (χ1n) is 6.46. The Bertz CT molecular complexity index is 613. The molecular formula is C16H16FNO3. The maximum absolute atomic E-state index is 13.5. The van der Waals surface area contributed by atoms with Crippen molar-refractivity contribution >= 4 is 11.6 Å². The Balaban J connectivity index is 1.97. The van der Waals surface area contributed by atoms with Crippen LogP contribution in [-0.4, -0.2) is 19.1 Å². The van der Waals surface area contributed by atoms with Crippen LogP contribution in [0.1, 0.15) is 6.92 Å². The lowest BCUT2D eigenvalue weighted by Gasteiger charge is -2.15. The molecule has 2 aromatic rings. The van der Waals surface area contributed by atoms with Crippen LogP contribution < -0.4 is 14.8 Å². The van der Waals surface area contributed by atoms with E-state index in [-0.39, 0.29) is 11.7 Å². The lowest BCUT2D eigenvalue weighted by molar-refractivity contribution is -0.122. The van der Waals surface area contributed by atoms with E-state index in [1.807, 2.05) is 0 Å². The average molecular weight is 289 g/mol. The normalized spacial score (nSPS) is 11.6. The quantitative estimate of drug-likeness (QED) is 0.919. The van der Waals surface area contributed by atoms with E-state index in [0.29, 0.717) is 11.4 Å². The fourth-order valence-electron chi connectivity index (χ4n) is 1.70. The lowest BCUT2D eigenvalue weighted by Crippen LogP contribution is -2.30. The molecular weight excluding hydrogens is 273 g/mol. The van der Waals surface area contributed by atoms with Crippen molar-refractivity contribution in [3.63, 3.8) is 0 Å². The summed E-state index contributed by atoms with van der Waals surface area (Å²) < 4.78 is 23.8. The topological polar surface area (TPSA) is 47.6 Å². The summed E-state index contributed by atoms with van der Waals surface area (Å²) in [4.78, 5) is 12.0.